The summed E-state index contributed by atoms with van der Waals surface area (Å²) in [5.74, 6) is 0. The Balaban J connectivity index is 1.63. The molecule has 0 saturated carbocycles. The fourth-order valence-corrected chi connectivity index (χ4v) is 3.11. The van der Waals surface area contributed by atoms with Crippen molar-refractivity contribution >= 4 is 29.0 Å². The molecule has 0 aliphatic carbocycles. The van der Waals surface area contributed by atoms with Crippen LogP contribution in [0.4, 0.5) is 16.2 Å². The zero-order valence-corrected chi connectivity index (χ0v) is 14.8. The van der Waals surface area contributed by atoms with Crippen molar-refractivity contribution in [1.29, 1.82) is 5.26 Å². The van der Waals surface area contributed by atoms with Crippen LogP contribution in [0.3, 0.4) is 0 Å². The molecule has 5 nitrogen and oxygen atoms in total. The molecule has 1 aliphatic rings. The summed E-state index contributed by atoms with van der Waals surface area (Å²) in [7, 11) is 0. The molecule has 2 aromatic rings. The van der Waals surface area contributed by atoms with E-state index in [4.69, 9.17) is 11.6 Å². The van der Waals surface area contributed by atoms with Crippen LogP contribution in [0.5, 0.6) is 0 Å². The van der Waals surface area contributed by atoms with Crippen molar-refractivity contribution in [3.8, 4) is 6.07 Å². The van der Waals surface area contributed by atoms with Gasteiger partial charge in [0.2, 0.25) is 0 Å². The van der Waals surface area contributed by atoms with Crippen LogP contribution < -0.4 is 10.2 Å². The van der Waals surface area contributed by atoms with Crippen LogP contribution in [-0.4, -0.2) is 37.1 Å². The van der Waals surface area contributed by atoms with Gasteiger partial charge in [0.25, 0.3) is 0 Å². The van der Waals surface area contributed by atoms with E-state index in [1.165, 1.54) is 0 Å². The topological polar surface area (TPSA) is 59.4 Å². The SMILES string of the molecule is Cc1c(Cl)cccc1NC(=O)N1CCN(c2ccccc2C#N)CC1. The first kappa shape index (κ1) is 17.1. The number of nitriles is 1. The molecule has 0 bridgehead atoms. The molecule has 1 aliphatic heterocycles. The Kier molecular flexibility index (Phi) is 5.11. The van der Waals surface area contributed by atoms with Gasteiger partial charge in [0.15, 0.2) is 0 Å². The van der Waals surface area contributed by atoms with Crippen LogP contribution in [0.2, 0.25) is 5.02 Å². The Hall–Kier alpha value is -2.71. The molecule has 1 saturated heterocycles. The van der Waals surface area contributed by atoms with E-state index in [0.717, 1.165) is 16.9 Å². The van der Waals surface area contributed by atoms with E-state index in [1.807, 2.05) is 43.3 Å². The second-order valence-corrected chi connectivity index (χ2v) is 6.35. The van der Waals surface area contributed by atoms with Gasteiger partial charge in [-0.05, 0) is 36.8 Å². The van der Waals surface area contributed by atoms with E-state index in [2.05, 4.69) is 16.3 Å². The third kappa shape index (κ3) is 3.70. The molecule has 0 spiro atoms. The highest BCUT2D eigenvalue weighted by Gasteiger charge is 2.23. The zero-order valence-electron chi connectivity index (χ0n) is 14.0. The number of nitrogens with zero attached hydrogens (tertiary/aromatic N) is 3. The summed E-state index contributed by atoms with van der Waals surface area (Å²) in [6, 6.07) is 15.1. The molecule has 0 atom stereocenters. The second kappa shape index (κ2) is 7.45. The van der Waals surface area contributed by atoms with Crippen LogP contribution >= 0.6 is 11.6 Å². The fourth-order valence-electron chi connectivity index (χ4n) is 2.93. The summed E-state index contributed by atoms with van der Waals surface area (Å²) < 4.78 is 0. The van der Waals surface area contributed by atoms with Gasteiger partial charge in [-0.25, -0.2) is 4.79 Å². The lowest BCUT2D eigenvalue weighted by molar-refractivity contribution is 0.208. The lowest BCUT2D eigenvalue weighted by Gasteiger charge is -2.36. The maximum atomic E-state index is 12.5. The summed E-state index contributed by atoms with van der Waals surface area (Å²) >= 11 is 6.10. The first-order valence-electron chi connectivity index (χ1n) is 8.15. The number of benzene rings is 2. The van der Waals surface area contributed by atoms with Gasteiger partial charge in [-0.2, -0.15) is 5.26 Å². The number of hydrogen-bond donors (Lipinski definition) is 1. The maximum absolute atomic E-state index is 12.5. The van der Waals surface area contributed by atoms with Gasteiger partial charge in [0.1, 0.15) is 6.07 Å². The number of amides is 2. The van der Waals surface area contributed by atoms with E-state index in [9.17, 15) is 10.1 Å². The minimum atomic E-state index is -0.126. The van der Waals surface area contributed by atoms with E-state index in [1.54, 1.807) is 11.0 Å². The Morgan fingerprint density at radius 1 is 1.12 bits per heavy atom. The van der Waals surface area contributed by atoms with Gasteiger partial charge >= 0.3 is 6.03 Å². The van der Waals surface area contributed by atoms with Crippen molar-refractivity contribution in [2.45, 2.75) is 6.92 Å². The van der Waals surface area contributed by atoms with Gasteiger partial charge in [0.05, 0.1) is 11.3 Å². The van der Waals surface area contributed by atoms with Crippen molar-refractivity contribution in [3.63, 3.8) is 0 Å². The summed E-state index contributed by atoms with van der Waals surface area (Å²) in [5.41, 5.74) is 3.18. The Labute approximate surface area is 152 Å². The molecule has 2 aromatic carbocycles. The van der Waals surface area contributed by atoms with Crippen molar-refractivity contribution in [1.82, 2.24) is 4.90 Å². The molecule has 25 heavy (non-hydrogen) atoms. The number of piperazine rings is 1. The molecule has 0 radical (unpaired) electrons. The molecule has 1 N–H and O–H groups in total. The quantitative estimate of drug-likeness (QED) is 0.890. The van der Waals surface area contributed by atoms with Gasteiger partial charge in [-0.15, -0.1) is 0 Å². The van der Waals surface area contributed by atoms with Gasteiger partial charge in [-0.1, -0.05) is 29.8 Å². The van der Waals surface area contributed by atoms with E-state index >= 15 is 0 Å². The molecule has 1 fully saturated rings. The van der Waals surface area contributed by atoms with Crippen molar-refractivity contribution in [2.75, 3.05) is 36.4 Å². The highest BCUT2D eigenvalue weighted by Crippen LogP contribution is 2.24. The summed E-state index contributed by atoms with van der Waals surface area (Å²) in [4.78, 5) is 16.4. The van der Waals surface area contributed by atoms with Crippen LogP contribution in [0.25, 0.3) is 0 Å². The highest BCUT2D eigenvalue weighted by molar-refractivity contribution is 6.31. The number of urea groups is 1. The Bertz CT molecular complexity index is 822. The largest absolute Gasteiger partial charge is 0.367 e. The van der Waals surface area contributed by atoms with E-state index in [-0.39, 0.29) is 6.03 Å². The van der Waals surface area contributed by atoms with E-state index < -0.39 is 0 Å². The van der Waals surface area contributed by atoms with Crippen LogP contribution in [0, 0.1) is 18.3 Å². The minimum Gasteiger partial charge on any atom is -0.367 e. The van der Waals surface area contributed by atoms with Crippen molar-refractivity contribution in [3.05, 3.63) is 58.6 Å². The van der Waals surface area contributed by atoms with Crippen molar-refractivity contribution < 1.29 is 4.79 Å². The van der Waals surface area contributed by atoms with E-state index in [0.29, 0.717) is 36.8 Å². The molecule has 128 valence electrons. The normalized spacial score (nSPS) is 14.1. The number of rotatable bonds is 2. The van der Waals surface area contributed by atoms with Gasteiger partial charge in [-0.3, -0.25) is 0 Å². The number of carbonyl (C=O) groups is 1. The molecule has 6 heteroatoms. The first-order chi connectivity index (χ1) is 12.1. The Morgan fingerprint density at radius 3 is 2.56 bits per heavy atom. The average Bonchev–Trinajstić information content (AvgIpc) is 2.65. The molecular weight excluding hydrogens is 336 g/mol. The van der Waals surface area contributed by atoms with Gasteiger partial charge in [0, 0.05) is 36.9 Å². The lowest BCUT2D eigenvalue weighted by Crippen LogP contribution is -2.50. The smallest absolute Gasteiger partial charge is 0.321 e. The first-order valence-corrected chi connectivity index (χ1v) is 8.53. The van der Waals surface area contributed by atoms with Crippen LogP contribution in [0.15, 0.2) is 42.5 Å². The predicted octanol–water partition coefficient (Wildman–Crippen LogP) is 3.87. The third-order valence-corrected chi connectivity index (χ3v) is 4.85. The minimum absolute atomic E-state index is 0.126. The van der Waals surface area contributed by atoms with Crippen molar-refractivity contribution in [2.24, 2.45) is 0 Å². The molecule has 2 amide bonds. The molecule has 0 unspecified atom stereocenters. The maximum Gasteiger partial charge on any atom is 0.321 e. The summed E-state index contributed by atoms with van der Waals surface area (Å²) in [6.45, 7) is 4.48. The molecule has 0 aromatic heterocycles. The fraction of sp³-hybridized carbons (Fsp3) is 0.263. The number of halogens is 1. The monoisotopic (exact) mass is 354 g/mol. The summed E-state index contributed by atoms with van der Waals surface area (Å²) in [6.07, 6.45) is 0. The van der Waals surface area contributed by atoms with Crippen LogP contribution in [-0.2, 0) is 0 Å². The third-order valence-electron chi connectivity index (χ3n) is 4.44. The average molecular weight is 355 g/mol. The number of hydrogen-bond acceptors (Lipinski definition) is 3. The van der Waals surface area contributed by atoms with Gasteiger partial charge < -0.3 is 15.1 Å². The summed E-state index contributed by atoms with van der Waals surface area (Å²) in [5, 5.41) is 12.8. The molecule has 1 heterocycles. The number of para-hydroxylation sites is 1. The molecule has 3 rings (SSSR count). The number of nitrogens with one attached hydrogen (secondary N) is 1. The van der Waals surface area contributed by atoms with Crippen LogP contribution in [0.1, 0.15) is 11.1 Å². The standard InChI is InChI=1S/C19H19ClN4O/c1-14-16(20)6-4-7-17(14)22-19(25)24-11-9-23(10-12-24)18-8-3-2-5-15(18)13-21/h2-8H,9-12H2,1H3,(H,22,25). The molecular formula is C19H19ClN4O. The number of carbonyl (C=O) groups excluding carboxylic acids is 1. The number of anilines is 2. The second-order valence-electron chi connectivity index (χ2n) is 5.95. The zero-order chi connectivity index (χ0) is 17.8. The predicted molar refractivity (Wildman–Crippen MR) is 100 cm³/mol. The Morgan fingerprint density at radius 2 is 1.84 bits per heavy atom. The highest BCUT2D eigenvalue weighted by atomic mass is 35.5. The lowest BCUT2D eigenvalue weighted by atomic mass is 10.1.